The van der Waals surface area contributed by atoms with Crippen LogP contribution in [0.4, 0.5) is 4.39 Å². The van der Waals surface area contributed by atoms with Crippen molar-refractivity contribution in [3.8, 4) is 0 Å². The van der Waals surface area contributed by atoms with E-state index in [4.69, 9.17) is 0 Å². The topological polar surface area (TPSA) is 15.3 Å². The van der Waals surface area contributed by atoms with Crippen LogP contribution in [-0.4, -0.2) is 43.4 Å². The Morgan fingerprint density at radius 2 is 2.29 bits per heavy atom. The Morgan fingerprint density at radius 3 is 3.00 bits per heavy atom. The summed E-state index contributed by atoms with van der Waals surface area (Å²) in [7, 11) is 2.15. The highest BCUT2D eigenvalue weighted by Crippen LogP contribution is 2.21. The lowest BCUT2D eigenvalue weighted by atomic mass is 10.2. The predicted octanol–water partition coefficient (Wildman–Crippen LogP) is 2.21. The van der Waals surface area contributed by atoms with Gasteiger partial charge in [-0.25, -0.2) is 4.39 Å². The second-order valence-corrected chi connectivity index (χ2v) is 5.54. The third-order valence-corrected chi connectivity index (χ3v) is 4.22. The Labute approximate surface area is 107 Å². The van der Waals surface area contributed by atoms with Crippen LogP contribution in [0.3, 0.4) is 0 Å². The van der Waals surface area contributed by atoms with Crippen LogP contribution in [0.25, 0.3) is 0 Å². The maximum Gasteiger partial charge on any atom is 0.136 e. The molecule has 2 rings (SSSR count). The Morgan fingerprint density at radius 1 is 1.47 bits per heavy atom. The minimum atomic E-state index is -0.109. The molecule has 1 fully saturated rings. The molecule has 1 unspecified atom stereocenters. The zero-order valence-corrected chi connectivity index (χ0v) is 11.0. The van der Waals surface area contributed by atoms with Gasteiger partial charge in [-0.2, -0.15) is 0 Å². The number of likely N-dealkylation sites (N-methyl/N-ethyl adjacent to an activating group) is 1. The summed E-state index contributed by atoms with van der Waals surface area (Å²) in [4.78, 5) is 3.12. The van der Waals surface area contributed by atoms with Crippen LogP contribution in [0.1, 0.15) is 6.42 Å². The quantitative estimate of drug-likeness (QED) is 0.811. The van der Waals surface area contributed by atoms with Crippen molar-refractivity contribution in [2.45, 2.75) is 17.4 Å². The lowest BCUT2D eigenvalue weighted by molar-refractivity contribution is 0.273. The molecule has 1 heterocycles. The van der Waals surface area contributed by atoms with Crippen LogP contribution in [0, 0.1) is 5.82 Å². The molecule has 1 saturated heterocycles. The first-order valence-corrected chi connectivity index (χ1v) is 7.04. The molecule has 1 aliphatic heterocycles. The average molecular weight is 254 g/mol. The SMILES string of the molecule is CN(CCSc1ccccc1F)C1CCNC1. The van der Waals surface area contributed by atoms with Crippen molar-refractivity contribution >= 4 is 11.8 Å². The number of hydrogen-bond acceptors (Lipinski definition) is 3. The standard InChI is InChI=1S/C13H19FN2S/c1-16(11-6-7-15-10-11)8-9-17-13-5-3-2-4-12(13)14/h2-5,11,15H,6-10H2,1H3. The van der Waals surface area contributed by atoms with E-state index in [0.717, 1.165) is 30.3 Å². The first-order valence-electron chi connectivity index (χ1n) is 6.05. The molecule has 2 nitrogen and oxygen atoms in total. The van der Waals surface area contributed by atoms with Crippen molar-refractivity contribution in [2.75, 3.05) is 32.4 Å². The molecule has 1 atom stereocenters. The normalized spacial score (nSPS) is 20.1. The van der Waals surface area contributed by atoms with E-state index in [1.807, 2.05) is 12.1 Å². The van der Waals surface area contributed by atoms with E-state index in [0.29, 0.717) is 6.04 Å². The summed E-state index contributed by atoms with van der Waals surface area (Å²) in [6.07, 6.45) is 1.22. The van der Waals surface area contributed by atoms with Gasteiger partial charge in [-0.05, 0) is 32.1 Å². The summed E-state index contributed by atoms with van der Waals surface area (Å²) in [5.41, 5.74) is 0. The van der Waals surface area contributed by atoms with Gasteiger partial charge in [0.1, 0.15) is 5.82 Å². The van der Waals surface area contributed by atoms with Crippen molar-refractivity contribution in [1.82, 2.24) is 10.2 Å². The summed E-state index contributed by atoms with van der Waals surface area (Å²) in [6.45, 7) is 3.21. The van der Waals surface area contributed by atoms with Gasteiger partial charge in [-0.3, -0.25) is 0 Å². The number of nitrogens with zero attached hydrogens (tertiary/aromatic N) is 1. The monoisotopic (exact) mass is 254 g/mol. The van der Waals surface area contributed by atoms with Gasteiger partial charge in [0, 0.05) is 29.8 Å². The highest BCUT2D eigenvalue weighted by atomic mass is 32.2. The first-order chi connectivity index (χ1) is 8.27. The van der Waals surface area contributed by atoms with E-state index in [2.05, 4.69) is 17.3 Å². The molecule has 1 aromatic carbocycles. The van der Waals surface area contributed by atoms with E-state index in [1.165, 1.54) is 12.5 Å². The predicted molar refractivity (Wildman–Crippen MR) is 71.0 cm³/mol. The smallest absolute Gasteiger partial charge is 0.136 e. The summed E-state index contributed by atoms with van der Waals surface area (Å²) >= 11 is 1.60. The van der Waals surface area contributed by atoms with Gasteiger partial charge in [0.05, 0.1) is 0 Å². The van der Waals surface area contributed by atoms with E-state index in [-0.39, 0.29) is 5.82 Å². The van der Waals surface area contributed by atoms with Crippen molar-refractivity contribution in [1.29, 1.82) is 0 Å². The van der Waals surface area contributed by atoms with Gasteiger partial charge in [-0.15, -0.1) is 11.8 Å². The number of halogens is 1. The van der Waals surface area contributed by atoms with E-state index in [9.17, 15) is 4.39 Å². The number of rotatable bonds is 5. The van der Waals surface area contributed by atoms with Gasteiger partial charge in [0.2, 0.25) is 0 Å². The molecule has 1 aliphatic rings. The molecule has 0 saturated carbocycles. The molecule has 0 bridgehead atoms. The van der Waals surface area contributed by atoms with Crippen LogP contribution in [-0.2, 0) is 0 Å². The molecule has 0 spiro atoms. The maximum absolute atomic E-state index is 13.4. The summed E-state index contributed by atoms with van der Waals surface area (Å²) in [5, 5.41) is 3.36. The van der Waals surface area contributed by atoms with Gasteiger partial charge in [0.15, 0.2) is 0 Å². The van der Waals surface area contributed by atoms with Gasteiger partial charge in [-0.1, -0.05) is 12.1 Å². The third-order valence-electron chi connectivity index (χ3n) is 3.20. The second-order valence-electron chi connectivity index (χ2n) is 4.41. The average Bonchev–Trinajstić information content (AvgIpc) is 2.85. The molecule has 17 heavy (non-hydrogen) atoms. The highest BCUT2D eigenvalue weighted by Gasteiger charge is 2.18. The molecule has 0 amide bonds. The fourth-order valence-corrected chi connectivity index (χ4v) is 3.04. The molecule has 4 heteroatoms. The lowest BCUT2D eigenvalue weighted by Gasteiger charge is -2.23. The van der Waals surface area contributed by atoms with Crippen LogP contribution in [0.5, 0.6) is 0 Å². The number of benzene rings is 1. The molecule has 0 radical (unpaired) electrons. The van der Waals surface area contributed by atoms with Crippen molar-refractivity contribution in [3.05, 3.63) is 30.1 Å². The zero-order valence-electron chi connectivity index (χ0n) is 10.2. The fraction of sp³-hybridized carbons (Fsp3) is 0.538. The van der Waals surface area contributed by atoms with Crippen LogP contribution >= 0.6 is 11.8 Å². The summed E-state index contributed by atoms with van der Waals surface area (Å²) in [5.74, 6) is 0.830. The second kappa shape index (κ2) is 6.38. The Hall–Kier alpha value is -0.580. The molecule has 1 N–H and O–H groups in total. The van der Waals surface area contributed by atoms with Gasteiger partial charge in [0.25, 0.3) is 0 Å². The molecule has 0 aliphatic carbocycles. The van der Waals surface area contributed by atoms with Crippen molar-refractivity contribution in [2.24, 2.45) is 0 Å². The third kappa shape index (κ3) is 3.69. The summed E-state index contributed by atoms with van der Waals surface area (Å²) in [6, 6.07) is 7.63. The summed E-state index contributed by atoms with van der Waals surface area (Å²) < 4.78 is 13.4. The maximum atomic E-state index is 13.4. The minimum absolute atomic E-state index is 0.109. The number of thioether (sulfide) groups is 1. The Bertz CT molecular complexity index is 353. The zero-order chi connectivity index (χ0) is 12.1. The van der Waals surface area contributed by atoms with E-state index < -0.39 is 0 Å². The van der Waals surface area contributed by atoms with Gasteiger partial charge >= 0.3 is 0 Å². The van der Waals surface area contributed by atoms with Crippen molar-refractivity contribution in [3.63, 3.8) is 0 Å². The largest absolute Gasteiger partial charge is 0.315 e. The number of hydrogen-bond donors (Lipinski definition) is 1. The Balaban J connectivity index is 1.74. The van der Waals surface area contributed by atoms with Crippen LogP contribution in [0.15, 0.2) is 29.2 Å². The van der Waals surface area contributed by atoms with Crippen LogP contribution in [0.2, 0.25) is 0 Å². The molecule has 1 aromatic rings. The molecular weight excluding hydrogens is 235 g/mol. The first kappa shape index (κ1) is 12.9. The van der Waals surface area contributed by atoms with Crippen LogP contribution < -0.4 is 5.32 Å². The van der Waals surface area contributed by atoms with E-state index in [1.54, 1.807) is 17.8 Å². The number of nitrogens with one attached hydrogen (secondary N) is 1. The van der Waals surface area contributed by atoms with Gasteiger partial charge < -0.3 is 10.2 Å². The molecule has 94 valence electrons. The fourth-order valence-electron chi connectivity index (χ4n) is 2.06. The molecular formula is C13H19FN2S. The minimum Gasteiger partial charge on any atom is -0.315 e. The Kier molecular flexibility index (Phi) is 4.83. The highest BCUT2D eigenvalue weighted by molar-refractivity contribution is 7.99. The lowest BCUT2D eigenvalue weighted by Crippen LogP contribution is -2.34. The van der Waals surface area contributed by atoms with E-state index >= 15 is 0 Å². The van der Waals surface area contributed by atoms with Crippen molar-refractivity contribution < 1.29 is 4.39 Å². The molecule has 0 aromatic heterocycles.